The van der Waals surface area contributed by atoms with Crippen molar-refractivity contribution in [2.24, 2.45) is 0 Å². The number of thiophene rings is 5. The average Bonchev–Trinajstić information content (AvgIpc) is 4.16. The van der Waals surface area contributed by atoms with Gasteiger partial charge in [-0.05, 0) is 110 Å². The van der Waals surface area contributed by atoms with E-state index >= 15 is 0 Å². The number of thioether (sulfide) groups is 2. The summed E-state index contributed by atoms with van der Waals surface area (Å²) in [6.07, 6.45) is 31.7. The van der Waals surface area contributed by atoms with Gasteiger partial charge in [-0.25, -0.2) is 0 Å². The molecule has 0 bridgehead atoms. The van der Waals surface area contributed by atoms with Gasteiger partial charge in [0, 0.05) is 32.6 Å². The second kappa shape index (κ2) is 26.2. The summed E-state index contributed by atoms with van der Waals surface area (Å²) in [5.41, 5.74) is 5.47. The average molecular weight is 972 g/mol. The summed E-state index contributed by atoms with van der Waals surface area (Å²) < 4.78 is 8.02. The molecule has 0 fully saturated rings. The van der Waals surface area contributed by atoms with E-state index < -0.39 is 0 Å². The molecule has 0 aliphatic heterocycles. The molecule has 0 spiro atoms. The van der Waals surface area contributed by atoms with E-state index in [-0.39, 0.29) is 0 Å². The van der Waals surface area contributed by atoms with Crippen LogP contribution in [0.15, 0.2) is 93.3 Å². The van der Waals surface area contributed by atoms with E-state index in [2.05, 4.69) is 120 Å². The summed E-state index contributed by atoms with van der Waals surface area (Å²) in [5, 5.41) is 0. The number of aromatic nitrogens is 2. The van der Waals surface area contributed by atoms with Gasteiger partial charge in [-0.2, -0.15) is 0 Å². The normalized spacial score (nSPS) is 11.7. The first-order valence-electron chi connectivity index (χ1n) is 24.1. The predicted molar refractivity (Wildman–Crippen MR) is 292 cm³/mol. The fourth-order valence-electron chi connectivity index (χ4n) is 8.75. The van der Waals surface area contributed by atoms with Crippen LogP contribution in [-0.2, 0) is 13.1 Å². The lowest BCUT2D eigenvalue weighted by Crippen LogP contribution is -2.01. The smallest absolute Gasteiger partial charge is 0.0603 e. The van der Waals surface area contributed by atoms with Crippen LogP contribution in [0.4, 0.5) is 0 Å². The number of hydrogen-bond donors (Lipinski definition) is 0. The van der Waals surface area contributed by atoms with Crippen LogP contribution in [0.5, 0.6) is 0 Å². The van der Waals surface area contributed by atoms with E-state index in [1.54, 1.807) is 0 Å². The molecule has 63 heavy (non-hydrogen) atoms. The molecule has 0 aliphatic rings. The molecule has 0 aromatic carbocycles. The Morgan fingerprint density at radius 3 is 0.857 bits per heavy atom. The first-order valence-corrected chi connectivity index (χ1v) is 30.6. The third-order valence-corrected chi connectivity index (χ3v) is 20.4. The van der Waals surface area contributed by atoms with Crippen molar-refractivity contribution < 1.29 is 0 Å². The van der Waals surface area contributed by atoms with Crippen LogP contribution < -0.4 is 0 Å². The maximum Gasteiger partial charge on any atom is 0.0603 e. The van der Waals surface area contributed by atoms with Gasteiger partial charge in [0.1, 0.15) is 0 Å². The minimum absolute atomic E-state index is 1.08. The molecular weight excluding hydrogens is 901 g/mol. The van der Waals surface area contributed by atoms with Crippen molar-refractivity contribution in [2.75, 3.05) is 12.5 Å². The molecule has 0 N–H and O–H groups in total. The highest BCUT2D eigenvalue weighted by molar-refractivity contribution is 8.00. The first kappa shape index (κ1) is 48.7. The van der Waals surface area contributed by atoms with Gasteiger partial charge in [0.2, 0.25) is 0 Å². The number of unbranched alkanes of at least 4 members (excludes halogenated alkanes) is 18. The maximum absolute atomic E-state index is 2.63. The van der Waals surface area contributed by atoms with Gasteiger partial charge in [0.25, 0.3) is 0 Å². The zero-order chi connectivity index (χ0) is 43.6. The Balaban J connectivity index is 1.02. The zero-order valence-electron chi connectivity index (χ0n) is 38.4. The van der Waals surface area contributed by atoms with E-state index in [0.717, 1.165) is 13.1 Å². The molecule has 7 heterocycles. The topological polar surface area (TPSA) is 9.86 Å². The molecule has 7 aromatic rings. The molecule has 0 atom stereocenters. The third kappa shape index (κ3) is 13.7. The lowest BCUT2D eigenvalue weighted by Gasteiger charge is -2.12. The van der Waals surface area contributed by atoms with Gasteiger partial charge in [0.05, 0.1) is 50.7 Å². The van der Waals surface area contributed by atoms with Crippen molar-refractivity contribution in [2.45, 2.75) is 164 Å². The molecule has 0 unspecified atom stereocenters. The molecule has 338 valence electrons. The van der Waals surface area contributed by atoms with Crippen LogP contribution in [0.1, 0.15) is 142 Å². The Morgan fingerprint density at radius 2 is 0.556 bits per heavy atom. The molecule has 2 nitrogen and oxygen atoms in total. The molecule has 0 saturated carbocycles. The number of rotatable bonds is 30. The Labute approximate surface area is 409 Å². The van der Waals surface area contributed by atoms with Crippen molar-refractivity contribution in [1.29, 1.82) is 0 Å². The van der Waals surface area contributed by atoms with Crippen LogP contribution in [-0.4, -0.2) is 21.6 Å². The predicted octanol–water partition coefficient (Wildman–Crippen LogP) is 20.9. The minimum atomic E-state index is 1.08. The molecule has 9 heteroatoms. The maximum atomic E-state index is 2.63. The fraction of sp³-hybridized carbons (Fsp3) is 0.481. The summed E-state index contributed by atoms with van der Waals surface area (Å²) >= 11 is 13.4. The van der Waals surface area contributed by atoms with Crippen molar-refractivity contribution >= 4 is 80.2 Å². The van der Waals surface area contributed by atoms with Crippen LogP contribution >= 0.6 is 80.2 Å². The van der Waals surface area contributed by atoms with Crippen molar-refractivity contribution in [3.8, 4) is 61.8 Å². The standard InChI is InChI=1S/C54H70N2S7/c1-5-7-9-11-13-15-17-19-21-23-39-55-41(25-27-43(55)47-35-37-53(57-3)62-47)45-29-31-49(59-45)51-33-34-52(61-51)50-32-30-46(60-50)42-26-28-44(48-36-38-54(58-4)63-48)56(42)40-24-22-20-18-16-14-12-10-8-6-2/h25-38H,5-24,39-40H2,1-4H3. The van der Waals surface area contributed by atoms with E-state index in [9.17, 15) is 0 Å². The van der Waals surface area contributed by atoms with Crippen LogP contribution in [0.3, 0.4) is 0 Å². The summed E-state index contributed by atoms with van der Waals surface area (Å²) in [6, 6.07) is 32.9. The lowest BCUT2D eigenvalue weighted by atomic mass is 10.1. The Morgan fingerprint density at radius 1 is 0.302 bits per heavy atom. The van der Waals surface area contributed by atoms with Crippen LogP contribution in [0.2, 0.25) is 0 Å². The van der Waals surface area contributed by atoms with Crippen molar-refractivity contribution in [3.63, 3.8) is 0 Å². The summed E-state index contributed by atoms with van der Waals surface area (Å²) in [4.78, 5) is 10.9. The van der Waals surface area contributed by atoms with Gasteiger partial charge < -0.3 is 9.13 Å². The van der Waals surface area contributed by atoms with Gasteiger partial charge in [-0.15, -0.1) is 80.2 Å². The SMILES string of the molecule is CCCCCCCCCCCCn1c(-c2ccc(SC)s2)ccc1-c1ccc(-c2ccc(-c3ccc(-c4ccc(-c5ccc(SC)s5)n4CCCCCCCCCCCC)s3)s2)s1. The molecule has 0 aliphatic carbocycles. The fourth-order valence-corrected chi connectivity index (χ4v) is 15.2. The summed E-state index contributed by atoms with van der Waals surface area (Å²) in [5.74, 6) is 0. The Kier molecular flexibility index (Phi) is 20.2. The highest BCUT2D eigenvalue weighted by Gasteiger charge is 2.19. The molecular formula is C54H70N2S7. The highest BCUT2D eigenvalue weighted by atomic mass is 32.2. The van der Waals surface area contributed by atoms with Gasteiger partial charge >= 0.3 is 0 Å². The van der Waals surface area contributed by atoms with Crippen LogP contribution in [0, 0.1) is 0 Å². The van der Waals surface area contributed by atoms with Crippen molar-refractivity contribution in [3.05, 3.63) is 84.9 Å². The largest absolute Gasteiger partial charge is 0.339 e. The summed E-state index contributed by atoms with van der Waals surface area (Å²) in [6.45, 7) is 6.77. The summed E-state index contributed by atoms with van der Waals surface area (Å²) in [7, 11) is 0. The van der Waals surface area contributed by atoms with Gasteiger partial charge in [-0.3, -0.25) is 0 Å². The first-order chi connectivity index (χ1) is 31.1. The quantitative estimate of drug-likeness (QED) is 0.0328. The monoisotopic (exact) mass is 970 g/mol. The van der Waals surface area contributed by atoms with E-state index in [4.69, 9.17) is 0 Å². The van der Waals surface area contributed by atoms with Crippen LogP contribution in [0.25, 0.3) is 61.8 Å². The van der Waals surface area contributed by atoms with Crippen molar-refractivity contribution in [1.82, 2.24) is 9.13 Å². The highest BCUT2D eigenvalue weighted by Crippen LogP contribution is 2.45. The van der Waals surface area contributed by atoms with E-state index in [0.29, 0.717) is 0 Å². The number of hydrogen-bond acceptors (Lipinski definition) is 7. The van der Waals surface area contributed by atoms with Gasteiger partial charge in [0.15, 0.2) is 0 Å². The van der Waals surface area contributed by atoms with E-state index in [1.165, 1.54) is 199 Å². The second-order valence-corrected chi connectivity index (χ2v) is 24.6. The molecule has 7 aromatic heterocycles. The molecule has 0 amide bonds. The molecule has 0 saturated heterocycles. The van der Waals surface area contributed by atoms with E-state index in [1.807, 2.05) is 80.2 Å². The molecule has 7 rings (SSSR count). The molecule has 0 radical (unpaired) electrons. The Hall–Kier alpha value is -2.24. The van der Waals surface area contributed by atoms with Gasteiger partial charge in [-0.1, -0.05) is 129 Å². The third-order valence-electron chi connectivity index (χ3n) is 12.3. The lowest BCUT2D eigenvalue weighted by molar-refractivity contribution is 0.538. The second-order valence-electron chi connectivity index (χ2n) is 17.0. The zero-order valence-corrected chi connectivity index (χ0v) is 44.1. The minimum Gasteiger partial charge on any atom is -0.339 e. The number of nitrogens with zero attached hydrogens (tertiary/aromatic N) is 2. The Bertz CT molecular complexity index is 2190.